The normalized spacial score (nSPS) is 21.9. The highest BCUT2D eigenvalue weighted by molar-refractivity contribution is 5.93. The highest BCUT2D eigenvalue weighted by atomic mass is 19.1. The van der Waals surface area contributed by atoms with Gasteiger partial charge in [0.1, 0.15) is 5.82 Å². The summed E-state index contributed by atoms with van der Waals surface area (Å²) in [7, 11) is 0. The van der Waals surface area contributed by atoms with Gasteiger partial charge >= 0.3 is 5.97 Å². The zero-order valence-corrected chi connectivity index (χ0v) is 18.5. The number of ether oxygens (including phenoxy) is 2. The van der Waals surface area contributed by atoms with E-state index in [1.807, 2.05) is 0 Å². The van der Waals surface area contributed by atoms with Crippen LogP contribution in [0.2, 0.25) is 0 Å². The second-order valence-corrected chi connectivity index (χ2v) is 9.10. The predicted octanol–water partition coefficient (Wildman–Crippen LogP) is 4.28. The Bertz CT molecular complexity index is 1350. The van der Waals surface area contributed by atoms with Crippen LogP contribution in [0.3, 0.4) is 0 Å². The zero-order chi connectivity index (χ0) is 23.2. The van der Waals surface area contributed by atoms with Crippen LogP contribution in [0.5, 0.6) is 0 Å². The molecule has 0 saturated carbocycles. The second kappa shape index (κ2) is 8.48. The number of fused-ring (bicyclic) bond motifs is 2. The number of rotatable bonds is 4. The number of pyridine rings is 1. The lowest BCUT2D eigenvalue weighted by molar-refractivity contribution is -0.153. The maximum Gasteiger partial charge on any atom is 0.332 e. The largest absolute Gasteiger partial charge is 0.479 e. The number of carboxylic acid groups (broad SMARTS) is 1. The molecule has 0 radical (unpaired) electrons. The van der Waals surface area contributed by atoms with Crippen LogP contribution in [0, 0.1) is 5.82 Å². The van der Waals surface area contributed by atoms with Crippen molar-refractivity contribution in [2.45, 2.75) is 43.6 Å². The molecule has 8 nitrogen and oxygen atoms in total. The average Bonchev–Trinajstić information content (AvgIpc) is 3.45. The quantitative estimate of drug-likeness (QED) is 0.467. The molecule has 0 amide bonds. The van der Waals surface area contributed by atoms with E-state index in [4.69, 9.17) is 14.5 Å². The molecule has 34 heavy (non-hydrogen) atoms. The minimum Gasteiger partial charge on any atom is -0.479 e. The maximum absolute atomic E-state index is 13.8. The third-order valence-electron chi connectivity index (χ3n) is 7.07. The molecule has 2 fully saturated rings. The Morgan fingerprint density at radius 2 is 1.91 bits per heavy atom. The number of hydrogen-bond donors (Lipinski definition) is 2. The molecule has 2 N–H and O–H groups in total. The van der Waals surface area contributed by atoms with Crippen molar-refractivity contribution in [1.29, 1.82) is 0 Å². The van der Waals surface area contributed by atoms with Gasteiger partial charge in [0, 0.05) is 47.4 Å². The van der Waals surface area contributed by atoms with Crippen LogP contribution in [0.1, 0.15) is 48.8 Å². The molecule has 3 aromatic heterocycles. The fraction of sp³-hybridized carbons (Fsp3) is 0.400. The van der Waals surface area contributed by atoms with Crippen molar-refractivity contribution in [1.82, 2.24) is 19.7 Å². The molecule has 6 rings (SSSR count). The molecule has 0 spiro atoms. The van der Waals surface area contributed by atoms with Gasteiger partial charge in [-0.15, -0.1) is 0 Å². The Morgan fingerprint density at radius 3 is 2.62 bits per heavy atom. The van der Waals surface area contributed by atoms with E-state index in [-0.39, 0.29) is 17.7 Å². The number of halogens is 1. The average molecular weight is 464 g/mol. The van der Waals surface area contributed by atoms with Crippen LogP contribution in [0.4, 0.5) is 4.39 Å². The lowest BCUT2D eigenvalue weighted by atomic mass is 9.85. The number of carboxylic acids is 1. The first-order valence-electron chi connectivity index (χ1n) is 11.7. The van der Waals surface area contributed by atoms with Gasteiger partial charge in [-0.05, 0) is 56.0 Å². The van der Waals surface area contributed by atoms with E-state index in [0.29, 0.717) is 38.3 Å². The van der Waals surface area contributed by atoms with Crippen molar-refractivity contribution in [3.63, 3.8) is 0 Å². The highest BCUT2D eigenvalue weighted by Gasteiger charge is 2.35. The molecular formula is C25H25FN4O4. The van der Waals surface area contributed by atoms with E-state index >= 15 is 0 Å². The van der Waals surface area contributed by atoms with Gasteiger partial charge in [-0.3, -0.25) is 5.10 Å². The zero-order valence-electron chi connectivity index (χ0n) is 18.5. The Balaban J connectivity index is 1.60. The summed E-state index contributed by atoms with van der Waals surface area (Å²) < 4.78 is 27.4. The summed E-state index contributed by atoms with van der Waals surface area (Å²) in [5.41, 5.74) is 5.57. The Hall–Kier alpha value is -3.30. The molecule has 2 atom stereocenters. The summed E-state index contributed by atoms with van der Waals surface area (Å²) >= 11 is 0. The molecule has 9 heteroatoms. The van der Waals surface area contributed by atoms with E-state index in [2.05, 4.69) is 20.8 Å². The number of hydrogen-bond acceptors (Lipinski definition) is 5. The number of aromatic amines is 1. The number of aliphatic carboxylic acids is 1. The van der Waals surface area contributed by atoms with E-state index in [1.165, 1.54) is 12.1 Å². The fourth-order valence-corrected chi connectivity index (χ4v) is 5.43. The first-order chi connectivity index (χ1) is 16.6. The molecule has 2 saturated heterocycles. The van der Waals surface area contributed by atoms with Gasteiger partial charge < -0.3 is 19.1 Å². The van der Waals surface area contributed by atoms with E-state index < -0.39 is 12.1 Å². The summed E-state index contributed by atoms with van der Waals surface area (Å²) in [6, 6.07) is 8.59. The summed E-state index contributed by atoms with van der Waals surface area (Å²) in [5, 5.41) is 17.4. The fourth-order valence-electron chi connectivity index (χ4n) is 5.43. The van der Waals surface area contributed by atoms with Crippen molar-refractivity contribution in [2.24, 2.45) is 0 Å². The van der Waals surface area contributed by atoms with Crippen molar-refractivity contribution in [3.05, 3.63) is 53.6 Å². The van der Waals surface area contributed by atoms with Gasteiger partial charge in [-0.1, -0.05) is 0 Å². The first-order valence-corrected chi connectivity index (χ1v) is 11.7. The summed E-state index contributed by atoms with van der Waals surface area (Å²) in [5.74, 6) is -0.972. The van der Waals surface area contributed by atoms with Crippen molar-refractivity contribution in [2.75, 3.05) is 19.8 Å². The number of H-pyrrole nitrogens is 1. The van der Waals surface area contributed by atoms with Crippen LogP contribution >= 0.6 is 0 Å². The van der Waals surface area contributed by atoms with Gasteiger partial charge in [0.25, 0.3) is 0 Å². The van der Waals surface area contributed by atoms with Gasteiger partial charge in [0.15, 0.2) is 11.8 Å². The SMILES string of the molecule is O=C(O)[C@@H]1CCC(c2c(C3CCOCC3)n(-c3ccc(F)cc3)c3cc4cn[nH]c4nc23)CO1. The molecule has 2 aliphatic heterocycles. The second-order valence-electron chi connectivity index (χ2n) is 9.10. The number of carbonyl (C=O) groups is 1. The van der Waals surface area contributed by atoms with Crippen LogP contribution in [0.15, 0.2) is 36.5 Å². The minimum atomic E-state index is -0.922. The van der Waals surface area contributed by atoms with E-state index in [1.54, 1.807) is 18.3 Å². The number of nitrogens with one attached hydrogen (secondary N) is 1. The van der Waals surface area contributed by atoms with Gasteiger partial charge in [0.2, 0.25) is 0 Å². The van der Waals surface area contributed by atoms with Crippen molar-refractivity contribution in [3.8, 4) is 5.69 Å². The minimum absolute atomic E-state index is 0.00511. The summed E-state index contributed by atoms with van der Waals surface area (Å²) in [6.45, 7) is 1.67. The van der Waals surface area contributed by atoms with Gasteiger partial charge in [0.05, 0.1) is 23.8 Å². The van der Waals surface area contributed by atoms with Crippen LogP contribution in [-0.2, 0) is 14.3 Å². The third-order valence-corrected chi connectivity index (χ3v) is 7.07. The maximum atomic E-state index is 13.8. The van der Waals surface area contributed by atoms with E-state index in [0.717, 1.165) is 46.2 Å². The Kier molecular flexibility index (Phi) is 5.30. The number of benzene rings is 1. The number of aromatic nitrogens is 4. The molecule has 4 aromatic rings. The molecule has 176 valence electrons. The molecular weight excluding hydrogens is 439 g/mol. The third kappa shape index (κ3) is 3.56. The Morgan fingerprint density at radius 1 is 1.12 bits per heavy atom. The molecule has 0 aliphatic carbocycles. The van der Waals surface area contributed by atoms with Crippen LogP contribution in [-0.4, -0.2) is 56.7 Å². The predicted molar refractivity (Wildman–Crippen MR) is 123 cm³/mol. The molecule has 5 heterocycles. The highest BCUT2D eigenvalue weighted by Crippen LogP contribution is 2.44. The first kappa shape index (κ1) is 21.2. The summed E-state index contributed by atoms with van der Waals surface area (Å²) in [4.78, 5) is 16.4. The standard InChI is InChI=1S/C25H25FN4O4/c26-17-2-4-18(5-3-17)30-19-11-16-12-27-29-24(16)28-22(19)21(23(30)14-7-9-33-10-8-14)15-1-6-20(25(31)32)34-13-15/h2-5,11-12,14-15,20H,1,6-10,13H2,(H,31,32)(H,27,28,29)/t15?,20-/m0/s1. The van der Waals surface area contributed by atoms with Crippen molar-refractivity contribution >= 4 is 28.0 Å². The smallest absolute Gasteiger partial charge is 0.332 e. The van der Waals surface area contributed by atoms with E-state index in [9.17, 15) is 14.3 Å². The van der Waals surface area contributed by atoms with Gasteiger partial charge in [-0.25, -0.2) is 14.2 Å². The molecule has 1 unspecified atom stereocenters. The summed E-state index contributed by atoms with van der Waals surface area (Å²) in [6.07, 6.45) is 3.85. The van der Waals surface area contributed by atoms with Crippen molar-refractivity contribution < 1.29 is 23.8 Å². The number of nitrogens with zero attached hydrogens (tertiary/aromatic N) is 3. The Labute approximate surface area is 194 Å². The van der Waals surface area contributed by atoms with Gasteiger partial charge in [-0.2, -0.15) is 5.10 Å². The monoisotopic (exact) mass is 464 g/mol. The van der Waals surface area contributed by atoms with Crippen LogP contribution in [0.25, 0.3) is 27.8 Å². The van der Waals surface area contributed by atoms with Crippen LogP contribution < -0.4 is 0 Å². The molecule has 1 aromatic carbocycles. The lowest BCUT2D eigenvalue weighted by Gasteiger charge is -2.30. The lowest BCUT2D eigenvalue weighted by Crippen LogP contribution is -2.32. The molecule has 2 aliphatic rings. The molecule has 0 bridgehead atoms. The topological polar surface area (TPSA) is 102 Å².